The number of rotatable bonds is 44. The molecule has 1 atom stereocenters. The second-order valence-electron chi connectivity index (χ2n) is 16.5. The molecule has 0 fully saturated rings. The van der Waals surface area contributed by atoms with Crippen LogP contribution in [0.25, 0.3) is 0 Å². The Kier molecular flexibility index (Phi) is 47.5. The summed E-state index contributed by atoms with van der Waals surface area (Å²) in [5.41, 5.74) is 0. The SMILES string of the molecule is CC\C=C/C=C\C=C/C=C\C=C\C=C/CCCCCC(=O)OC(COC(=O)C/C=C\C/C=C\C/C=C\CC)COC(=O)CCCCCCCCCCCCCCCCCCCCC. The van der Waals surface area contributed by atoms with Crippen LogP contribution >= 0.6 is 0 Å². The third-order valence-electron chi connectivity index (χ3n) is 10.5. The molecule has 356 valence electrons. The minimum Gasteiger partial charge on any atom is -0.462 e. The van der Waals surface area contributed by atoms with Crippen LogP contribution in [-0.4, -0.2) is 37.2 Å². The Morgan fingerprint density at radius 1 is 0.365 bits per heavy atom. The average Bonchev–Trinajstić information content (AvgIpc) is 3.28. The van der Waals surface area contributed by atoms with Crippen LogP contribution in [0.3, 0.4) is 0 Å². The van der Waals surface area contributed by atoms with E-state index in [1.165, 1.54) is 103 Å². The number of esters is 3. The quantitative estimate of drug-likeness (QED) is 0.0199. The molecule has 0 aliphatic rings. The lowest BCUT2D eigenvalue weighted by molar-refractivity contribution is -0.166. The van der Waals surface area contributed by atoms with Gasteiger partial charge in [0.15, 0.2) is 6.10 Å². The van der Waals surface area contributed by atoms with Gasteiger partial charge in [-0.2, -0.15) is 0 Å². The molecule has 0 aromatic heterocycles. The van der Waals surface area contributed by atoms with Crippen molar-refractivity contribution in [3.8, 4) is 0 Å². The van der Waals surface area contributed by atoms with E-state index in [0.717, 1.165) is 64.2 Å². The zero-order valence-corrected chi connectivity index (χ0v) is 40.5. The first-order valence-corrected chi connectivity index (χ1v) is 25.5. The minimum absolute atomic E-state index is 0.122. The predicted octanol–water partition coefficient (Wildman–Crippen LogP) is 16.8. The molecule has 0 heterocycles. The van der Waals surface area contributed by atoms with Crippen LogP contribution in [-0.2, 0) is 28.6 Å². The van der Waals surface area contributed by atoms with Crippen LogP contribution in [0.15, 0.2) is 109 Å². The number of allylic oxidation sites excluding steroid dienone is 17. The summed E-state index contributed by atoms with van der Waals surface area (Å²) >= 11 is 0. The van der Waals surface area contributed by atoms with Crippen molar-refractivity contribution in [2.45, 2.75) is 219 Å². The fraction of sp³-hybridized carbons (Fsp3) is 0.632. The number of ether oxygens (including phenoxy) is 3. The van der Waals surface area contributed by atoms with Gasteiger partial charge in [-0.3, -0.25) is 14.4 Å². The largest absolute Gasteiger partial charge is 0.462 e. The third-order valence-corrected chi connectivity index (χ3v) is 10.5. The molecular formula is C57H92O6. The molecule has 0 N–H and O–H groups in total. The summed E-state index contributed by atoms with van der Waals surface area (Å²) in [5.74, 6) is -1.10. The van der Waals surface area contributed by atoms with Gasteiger partial charge in [0.1, 0.15) is 13.2 Å². The molecular weight excluding hydrogens is 781 g/mol. The summed E-state index contributed by atoms with van der Waals surface area (Å²) in [6.07, 6.45) is 68.3. The summed E-state index contributed by atoms with van der Waals surface area (Å²) < 4.78 is 16.6. The fourth-order valence-electron chi connectivity index (χ4n) is 6.71. The Balaban J connectivity index is 4.43. The van der Waals surface area contributed by atoms with E-state index in [0.29, 0.717) is 12.8 Å². The first kappa shape index (κ1) is 59.1. The van der Waals surface area contributed by atoms with E-state index in [2.05, 4.69) is 57.2 Å². The first-order chi connectivity index (χ1) is 31.0. The van der Waals surface area contributed by atoms with Gasteiger partial charge in [-0.1, -0.05) is 252 Å². The van der Waals surface area contributed by atoms with E-state index >= 15 is 0 Å². The second kappa shape index (κ2) is 50.7. The molecule has 0 aliphatic heterocycles. The maximum Gasteiger partial charge on any atom is 0.309 e. The topological polar surface area (TPSA) is 78.9 Å². The first-order valence-electron chi connectivity index (χ1n) is 25.5. The molecule has 0 amide bonds. The highest BCUT2D eigenvalue weighted by atomic mass is 16.6. The Bertz CT molecular complexity index is 1330. The smallest absolute Gasteiger partial charge is 0.309 e. The highest BCUT2D eigenvalue weighted by molar-refractivity contribution is 5.72. The van der Waals surface area contributed by atoms with Gasteiger partial charge in [-0.25, -0.2) is 0 Å². The monoisotopic (exact) mass is 873 g/mol. The van der Waals surface area contributed by atoms with Crippen LogP contribution in [0.4, 0.5) is 0 Å². The minimum atomic E-state index is -0.836. The maximum absolute atomic E-state index is 12.8. The van der Waals surface area contributed by atoms with Crippen molar-refractivity contribution in [3.63, 3.8) is 0 Å². The molecule has 0 saturated carbocycles. The Morgan fingerprint density at radius 3 is 1.24 bits per heavy atom. The van der Waals surface area contributed by atoms with E-state index < -0.39 is 12.1 Å². The number of carbonyl (C=O) groups is 3. The summed E-state index contributed by atoms with van der Waals surface area (Å²) in [5, 5.41) is 0. The normalized spacial score (nSPS) is 13.0. The fourth-order valence-corrected chi connectivity index (χ4v) is 6.71. The number of hydrogen-bond acceptors (Lipinski definition) is 6. The van der Waals surface area contributed by atoms with E-state index in [1.54, 1.807) is 6.08 Å². The van der Waals surface area contributed by atoms with Gasteiger partial charge >= 0.3 is 17.9 Å². The highest BCUT2D eigenvalue weighted by Crippen LogP contribution is 2.15. The van der Waals surface area contributed by atoms with Crippen LogP contribution in [0.2, 0.25) is 0 Å². The van der Waals surface area contributed by atoms with Crippen molar-refractivity contribution in [1.29, 1.82) is 0 Å². The van der Waals surface area contributed by atoms with Gasteiger partial charge in [0.25, 0.3) is 0 Å². The van der Waals surface area contributed by atoms with Crippen molar-refractivity contribution in [3.05, 3.63) is 109 Å². The molecule has 0 saturated heterocycles. The predicted molar refractivity (Wildman–Crippen MR) is 270 cm³/mol. The number of unbranched alkanes of at least 4 members (excludes halogenated alkanes) is 21. The van der Waals surface area contributed by atoms with Gasteiger partial charge in [-0.15, -0.1) is 0 Å². The molecule has 0 rings (SSSR count). The van der Waals surface area contributed by atoms with Crippen LogP contribution in [0.1, 0.15) is 213 Å². The average molecular weight is 873 g/mol. The van der Waals surface area contributed by atoms with Crippen LogP contribution < -0.4 is 0 Å². The standard InChI is InChI=1S/C57H92O6/c1-4-7-10-13-16-19-21-23-25-27-28-30-31-33-35-38-41-44-47-50-56(59)62-53-54(52-61-55(58)49-46-43-40-37-18-15-12-9-6-3)63-57(60)51-48-45-42-39-36-34-32-29-26-24-22-20-17-14-11-8-5-2/h8-9,11-12,14,17-18,20,22,24,26,29,32,34,36-37,43,46,54H,4-7,10,13,15-16,19,21,23,25,27-28,30-31,33,35,38-42,44-45,47-53H2,1-3H3/b11-8-,12-9-,17-14-,22-20-,26-24-,32-29+,36-34-,37-18-,46-43-. The number of hydrogen-bond donors (Lipinski definition) is 0. The zero-order chi connectivity index (χ0) is 45.8. The van der Waals surface area contributed by atoms with Crippen molar-refractivity contribution in [2.24, 2.45) is 0 Å². The van der Waals surface area contributed by atoms with Crippen molar-refractivity contribution in [2.75, 3.05) is 13.2 Å². The third kappa shape index (κ3) is 49.0. The van der Waals surface area contributed by atoms with E-state index in [9.17, 15) is 14.4 Å². The van der Waals surface area contributed by atoms with Gasteiger partial charge in [0.2, 0.25) is 0 Å². The van der Waals surface area contributed by atoms with Gasteiger partial charge in [-0.05, 0) is 51.4 Å². The molecule has 0 radical (unpaired) electrons. The molecule has 6 heteroatoms. The lowest BCUT2D eigenvalue weighted by Crippen LogP contribution is -2.30. The zero-order valence-electron chi connectivity index (χ0n) is 40.5. The molecule has 0 bridgehead atoms. The summed E-state index contributed by atoms with van der Waals surface area (Å²) in [7, 11) is 0. The molecule has 0 aliphatic carbocycles. The molecule has 0 spiro atoms. The Morgan fingerprint density at radius 2 is 0.746 bits per heavy atom. The lowest BCUT2D eigenvalue weighted by Gasteiger charge is -2.18. The Labute approximate surface area is 387 Å². The highest BCUT2D eigenvalue weighted by Gasteiger charge is 2.19. The lowest BCUT2D eigenvalue weighted by atomic mass is 10.0. The molecule has 0 aromatic rings. The van der Waals surface area contributed by atoms with E-state index in [-0.39, 0.29) is 38.0 Å². The van der Waals surface area contributed by atoms with Crippen LogP contribution in [0, 0.1) is 0 Å². The Hall–Kier alpha value is -3.93. The van der Waals surface area contributed by atoms with Gasteiger partial charge in [0, 0.05) is 12.8 Å². The van der Waals surface area contributed by atoms with E-state index in [1.807, 2.05) is 66.8 Å². The maximum atomic E-state index is 12.8. The van der Waals surface area contributed by atoms with Crippen molar-refractivity contribution in [1.82, 2.24) is 0 Å². The summed E-state index contributed by atoms with van der Waals surface area (Å²) in [4.78, 5) is 37.8. The second-order valence-corrected chi connectivity index (χ2v) is 16.5. The summed E-state index contributed by atoms with van der Waals surface area (Å²) in [6, 6.07) is 0. The number of carbonyl (C=O) groups excluding carboxylic acids is 3. The van der Waals surface area contributed by atoms with Crippen molar-refractivity contribution >= 4 is 17.9 Å². The van der Waals surface area contributed by atoms with Crippen LogP contribution in [0.5, 0.6) is 0 Å². The molecule has 6 nitrogen and oxygen atoms in total. The molecule has 0 aromatic carbocycles. The van der Waals surface area contributed by atoms with E-state index in [4.69, 9.17) is 14.2 Å². The van der Waals surface area contributed by atoms with Crippen molar-refractivity contribution < 1.29 is 28.6 Å². The van der Waals surface area contributed by atoms with Gasteiger partial charge in [0.05, 0.1) is 6.42 Å². The molecule has 63 heavy (non-hydrogen) atoms. The van der Waals surface area contributed by atoms with Gasteiger partial charge < -0.3 is 14.2 Å². The summed E-state index contributed by atoms with van der Waals surface area (Å²) in [6.45, 7) is 6.24. The molecule has 1 unspecified atom stereocenters.